The van der Waals surface area contributed by atoms with Gasteiger partial charge in [0.1, 0.15) is 11.9 Å². The van der Waals surface area contributed by atoms with Crippen LogP contribution >= 0.6 is 0 Å². The van der Waals surface area contributed by atoms with E-state index in [1.165, 1.54) is 13.8 Å². The highest BCUT2D eigenvalue weighted by molar-refractivity contribution is 5.67. The summed E-state index contributed by atoms with van der Waals surface area (Å²) in [5, 5.41) is 0. The van der Waals surface area contributed by atoms with Gasteiger partial charge in [0.2, 0.25) is 0 Å². The van der Waals surface area contributed by atoms with Crippen LogP contribution in [0.3, 0.4) is 0 Å². The van der Waals surface area contributed by atoms with Crippen LogP contribution in [-0.4, -0.2) is 18.0 Å². The van der Waals surface area contributed by atoms with E-state index in [-0.39, 0.29) is 23.5 Å². The Bertz CT molecular complexity index is 521. The zero-order valence-electron chi connectivity index (χ0n) is 13.6. The normalized spacial score (nSPS) is 23.5. The van der Waals surface area contributed by atoms with E-state index >= 15 is 0 Å². The van der Waals surface area contributed by atoms with E-state index < -0.39 is 0 Å². The van der Waals surface area contributed by atoms with E-state index in [2.05, 4.69) is 19.9 Å². The Balaban J connectivity index is 3.07. The monoisotopic (exact) mass is 292 g/mol. The van der Waals surface area contributed by atoms with Crippen LogP contribution in [0.5, 0.6) is 0 Å². The molecule has 1 rings (SSSR count). The first kappa shape index (κ1) is 17.2. The smallest absolute Gasteiger partial charge is 0.307 e. The van der Waals surface area contributed by atoms with Crippen molar-refractivity contribution in [2.24, 2.45) is 5.41 Å². The lowest BCUT2D eigenvalue weighted by Crippen LogP contribution is -2.37. The molecular formula is C17H24O4. The van der Waals surface area contributed by atoms with Gasteiger partial charge in [-0.1, -0.05) is 31.6 Å². The number of carbonyl (C=O) groups excluding carboxylic acids is 2. The van der Waals surface area contributed by atoms with Crippen LogP contribution < -0.4 is 0 Å². The molecular weight excluding hydrogens is 268 g/mol. The second-order valence-electron chi connectivity index (χ2n) is 5.89. The lowest BCUT2D eigenvalue weighted by atomic mass is 9.71. The summed E-state index contributed by atoms with van der Waals surface area (Å²) in [7, 11) is 0. The quantitative estimate of drug-likeness (QED) is 0.588. The first-order chi connectivity index (χ1) is 9.64. The van der Waals surface area contributed by atoms with E-state index in [4.69, 9.17) is 9.47 Å². The molecule has 0 aliphatic heterocycles. The van der Waals surface area contributed by atoms with E-state index in [9.17, 15) is 9.59 Å². The number of allylic oxidation sites excluding steroid dienone is 4. The lowest BCUT2D eigenvalue weighted by Gasteiger charge is -2.39. The molecule has 1 atom stereocenters. The highest BCUT2D eigenvalue weighted by Gasteiger charge is 2.38. The predicted molar refractivity (Wildman–Crippen MR) is 81.3 cm³/mol. The average Bonchev–Trinajstić information content (AvgIpc) is 2.31. The predicted octanol–water partition coefficient (Wildman–Crippen LogP) is 3.69. The van der Waals surface area contributed by atoms with E-state index in [0.29, 0.717) is 12.2 Å². The second-order valence-corrected chi connectivity index (χ2v) is 5.89. The van der Waals surface area contributed by atoms with Gasteiger partial charge in [-0.15, -0.1) is 0 Å². The molecule has 0 fully saturated rings. The number of esters is 2. The minimum absolute atomic E-state index is 0.188. The molecule has 1 aliphatic rings. The molecule has 116 valence electrons. The third-order valence-electron chi connectivity index (χ3n) is 3.66. The molecule has 1 aliphatic carbocycles. The molecule has 21 heavy (non-hydrogen) atoms. The average molecular weight is 292 g/mol. The highest BCUT2D eigenvalue weighted by atomic mass is 16.5. The number of rotatable bonds is 3. The van der Waals surface area contributed by atoms with E-state index in [1.54, 1.807) is 13.0 Å². The second kappa shape index (κ2) is 6.74. The number of hydrogen-bond acceptors (Lipinski definition) is 4. The van der Waals surface area contributed by atoms with Crippen LogP contribution in [0.25, 0.3) is 0 Å². The van der Waals surface area contributed by atoms with Crippen LogP contribution in [-0.2, 0) is 19.1 Å². The molecule has 0 N–H and O–H groups in total. The van der Waals surface area contributed by atoms with Crippen LogP contribution in [0.4, 0.5) is 0 Å². The summed E-state index contributed by atoms with van der Waals surface area (Å²) in [6, 6.07) is 0. The maximum absolute atomic E-state index is 11.2. The van der Waals surface area contributed by atoms with Gasteiger partial charge in [-0.2, -0.15) is 0 Å². The Morgan fingerprint density at radius 2 is 1.86 bits per heavy atom. The summed E-state index contributed by atoms with van der Waals surface area (Å²) >= 11 is 0. The van der Waals surface area contributed by atoms with Crippen molar-refractivity contribution in [3.63, 3.8) is 0 Å². The first-order valence-corrected chi connectivity index (χ1v) is 7.06. The number of ether oxygens (including phenoxy) is 2. The van der Waals surface area contributed by atoms with Gasteiger partial charge >= 0.3 is 11.9 Å². The zero-order chi connectivity index (χ0) is 16.2. The van der Waals surface area contributed by atoms with Gasteiger partial charge in [-0.05, 0) is 25.5 Å². The fraction of sp³-hybridized carbons (Fsp3) is 0.529. The zero-order valence-corrected chi connectivity index (χ0v) is 13.6. The van der Waals surface area contributed by atoms with Crippen LogP contribution in [0.15, 0.2) is 35.1 Å². The van der Waals surface area contributed by atoms with Crippen LogP contribution in [0, 0.1) is 5.41 Å². The Hall–Kier alpha value is -1.84. The number of carbonyl (C=O) groups is 2. The lowest BCUT2D eigenvalue weighted by molar-refractivity contribution is -0.151. The summed E-state index contributed by atoms with van der Waals surface area (Å²) in [5.41, 5.74) is 1.93. The van der Waals surface area contributed by atoms with Gasteiger partial charge < -0.3 is 9.47 Å². The van der Waals surface area contributed by atoms with Gasteiger partial charge in [0.15, 0.2) is 0 Å². The molecule has 4 nitrogen and oxygen atoms in total. The molecule has 1 unspecified atom stereocenters. The minimum atomic E-state index is -0.338. The number of hydrogen-bond donors (Lipinski definition) is 0. The summed E-state index contributed by atoms with van der Waals surface area (Å²) in [4.78, 5) is 22.2. The molecule has 0 saturated heterocycles. The minimum Gasteiger partial charge on any atom is -0.461 e. The SMILES string of the molecule is CC(=O)OC(C)=CC=C1C(C)=CCC(OC(C)=O)C1(C)C. The van der Waals surface area contributed by atoms with Gasteiger partial charge in [0, 0.05) is 25.7 Å². The fourth-order valence-corrected chi connectivity index (χ4v) is 2.57. The van der Waals surface area contributed by atoms with Gasteiger partial charge in [-0.25, -0.2) is 0 Å². The third kappa shape index (κ3) is 4.59. The molecule has 0 aromatic heterocycles. The Morgan fingerprint density at radius 1 is 1.24 bits per heavy atom. The largest absolute Gasteiger partial charge is 0.461 e. The van der Waals surface area contributed by atoms with Crippen LogP contribution in [0.2, 0.25) is 0 Å². The summed E-state index contributed by atoms with van der Waals surface area (Å²) in [6.45, 7) is 10.7. The molecule has 0 spiro atoms. The van der Waals surface area contributed by atoms with Crippen LogP contribution in [0.1, 0.15) is 48.0 Å². The molecule has 0 saturated carbocycles. The van der Waals surface area contributed by atoms with Crippen molar-refractivity contribution < 1.29 is 19.1 Å². The molecule has 0 bridgehead atoms. The summed E-state index contributed by atoms with van der Waals surface area (Å²) < 4.78 is 10.4. The molecule has 0 radical (unpaired) electrons. The molecule has 0 aromatic carbocycles. The Labute approximate surface area is 126 Å². The summed E-state index contributed by atoms with van der Waals surface area (Å²) in [5.74, 6) is -0.0738. The molecule has 0 aromatic rings. The van der Waals surface area contributed by atoms with Crippen molar-refractivity contribution >= 4 is 11.9 Å². The van der Waals surface area contributed by atoms with E-state index in [1.807, 2.05) is 13.0 Å². The Morgan fingerprint density at radius 3 is 2.38 bits per heavy atom. The Kier molecular flexibility index (Phi) is 5.53. The summed E-state index contributed by atoms with van der Waals surface area (Å²) in [6.07, 6.45) is 6.29. The van der Waals surface area contributed by atoms with Crippen molar-refractivity contribution in [1.82, 2.24) is 0 Å². The molecule has 4 heteroatoms. The third-order valence-corrected chi connectivity index (χ3v) is 3.66. The fourth-order valence-electron chi connectivity index (χ4n) is 2.57. The molecule has 0 heterocycles. The first-order valence-electron chi connectivity index (χ1n) is 7.06. The topological polar surface area (TPSA) is 52.6 Å². The van der Waals surface area contributed by atoms with Gasteiger partial charge in [0.25, 0.3) is 0 Å². The van der Waals surface area contributed by atoms with Crippen molar-refractivity contribution in [1.29, 1.82) is 0 Å². The van der Waals surface area contributed by atoms with Crippen molar-refractivity contribution in [3.05, 3.63) is 35.1 Å². The maximum atomic E-state index is 11.2. The highest BCUT2D eigenvalue weighted by Crippen LogP contribution is 2.42. The molecule has 0 amide bonds. The van der Waals surface area contributed by atoms with Crippen molar-refractivity contribution in [2.75, 3.05) is 0 Å². The maximum Gasteiger partial charge on any atom is 0.307 e. The van der Waals surface area contributed by atoms with E-state index in [0.717, 1.165) is 11.1 Å². The van der Waals surface area contributed by atoms with Gasteiger partial charge in [0.05, 0.1) is 0 Å². The van der Waals surface area contributed by atoms with Crippen molar-refractivity contribution in [3.8, 4) is 0 Å². The van der Waals surface area contributed by atoms with Gasteiger partial charge in [-0.3, -0.25) is 9.59 Å². The standard InChI is InChI=1S/C17H24O4/c1-11-7-10-16(21-14(4)19)17(5,6)15(11)9-8-12(2)20-13(3)18/h7-9,16H,10H2,1-6H3. The van der Waals surface area contributed by atoms with Crippen molar-refractivity contribution in [2.45, 2.75) is 54.1 Å².